The average molecular weight is 277 g/mol. The monoisotopic (exact) mass is 277 g/mol. The number of alkyl halides is 3. The zero-order valence-corrected chi connectivity index (χ0v) is 9.49. The van der Waals surface area contributed by atoms with E-state index in [9.17, 15) is 22.8 Å². The molecule has 0 spiro atoms. The molecule has 0 radical (unpaired) electrons. The van der Waals surface area contributed by atoms with Crippen molar-refractivity contribution in [3.63, 3.8) is 0 Å². The number of carboxylic acid groups (broad SMARTS) is 1. The molecule has 1 rings (SSSR count). The Morgan fingerprint density at radius 3 is 2.63 bits per heavy atom. The van der Waals surface area contributed by atoms with Crippen LogP contribution in [-0.4, -0.2) is 34.8 Å². The quantitative estimate of drug-likeness (QED) is 0.783. The van der Waals surface area contributed by atoms with E-state index in [1.54, 1.807) is 0 Å². The van der Waals surface area contributed by atoms with Crippen molar-refractivity contribution in [3.05, 3.63) is 24.0 Å². The van der Waals surface area contributed by atoms with E-state index in [1.807, 2.05) is 5.32 Å². The van der Waals surface area contributed by atoms with Crippen LogP contribution in [0.2, 0.25) is 0 Å². The van der Waals surface area contributed by atoms with Crippen LogP contribution in [0.4, 0.5) is 23.7 Å². The summed E-state index contributed by atoms with van der Waals surface area (Å²) in [6.07, 6.45) is -4.32. The fourth-order valence-corrected chi connectivity index (χ4v) is 1.16. The van der Waals surface area contributed by atoms with Gasteiger partial charge in [0.1, 0.15) is 0 Å². The molecule has 1 aromatic rings. The Bertz CT molecular complexity index is 477. The SMILES string of the molecule is O=C(NCCC(F)(F)F)Nc1cccnc1C(=O)O. The Hall–Kier alpha value is -2.32. The Kier molecular flexibility index (Phi) is 4.67. The minimum Gasteiger partial charge on any atom is -0.476 e. The van der Waals surface area contributed by atoms with Gasteiger partial charge in [0.25, 0.3) is 0 Å². The van der Waals surface area contributed by atoms with Crippen LogP contribution in [0.15, 0.2) is 18.3 Å². The summed E-state index contributed by atoms with van der Waals surface area (Å²) in [4.78, 5) is 25.6. The highest BCUT2D eigenvalue weighted by molar-refractivity contribution is 5.98. The lowest BCUT2D eigenvalue weighted by Crippen LogP contribution is -2.32. The second kappa shape index (κ2) is 6.03. The highest BCUT2D eigenvalue weighted by Crippen LogP contribution is 2.18. The Morgan fingerprint density at radius 1 is 1.37 bits per heavy atom. The number of carboxylic acids is 1. The van der Waals surface area contributed by atoms with Crippen molar-refractivity contribution in [2.45, 2.75) is 12.6 Å². The van der Waals surface area contributed by atoms with Crippen LogP contribution in [0.1, 0.15) is 16.9 Å². The number of aromatic carboxylic acids is 1. The van der Waals surface area contributed by atoms with Crippen molar-refractivity contribution < 1.29 is 27.9 Å². The van der Waals surface area contributed by atoms with Gasteiger partial charge in [-0.3, -0.25) is 0 Å². The number of rotatable bonds is 4. The van der Waals surface area contributed by atoms with Crippen molar-refractivity contribution in [1.82, 2.24) is 10.3 Å². The minimum atomic E-state index is -4.37. The number of hydrogen-bond donors (Lipinski definition) is 3. The van der Waals surface area contributed by atoms with Gasteiger partial charge in [0.15, 0.2) is 5.69 Å². The lowest BCUT2D eigenvalue weighted by molar-refractivity contribution is -0.132. The van der Waals surface area contributed by atoms with Crippen molar-refractivity contribution in [2.75, 3.05) is 11.9 Å². The van der Waals surface area contributed by atoms with Gasteiger partial charge in [0, 0.05) is 12.7 Å². The summed E-state index contributed by atoms with van der Waals surface area (Å²) in [5, 5.41) is 12.9. The third-order valence-corrected chi connectivity index (χ3v) is 1.95. The Morgan fingerprint density at radius 2 is 2.05 bits per heavy atom. The number of nitrogens with one attached hydrogen (secondary N) is 2. The number of pyridine rings is 1. The maximum absolute atomic E-state index is 11.8. The molecule has 0 saturated carbocycles. The van der Waals surface area contributed by atoms with Crippen LogP contribution >= 0.6 is 0 Å². The number of urea groups is 1. The number of carbonyl (C=O) groups is 2. The molecule has 0 unspecified atom stereocenters. The maximum atomic E-state index is 11.8. The van der Waals surface area contributed by atoms with E-state index in [0.717, 1.165) is 0 Å². The number of carbonyl (C=O) groups excluding carboxylic acids is 1. The third kappa shape index (κ3) is 5.23. The summed E-state index contributed by atoms with van der Waals surface area (Å²) in [5.74, 6) is -1.36. The highest BCUT2D eigenvalue weighted by atomic mass is 19.4. The number of halogens is 3. The number of anilines is 1. The molecule has 0 aliphatic rings. The lowest BCUT2D eigenvalue weighted by Gasteiger charge is -2.10. The van der Waals surface area contributed by atoms with E-state index >= 15 is 0 Å². The lowest BCUT2D eigenvalue weighted by atomic mass is 10.3. The van der Waals surface area contributed by atoms with Crippen molar-refractivity contribution in [1.29, 1.82) is 0 Å². The molecule has 104 valence electrons. The molecular weight excluding hydrogens is 267 g/mol. The zero-order valence-electron chi connectivity index (χ0n) is 9.49. The van der Waals surface area contributed by atoms with Crippen molar-refractivity contribution in [2.24, 2.45) is 0 Å². The van der Waals surface area contributed by atoms with Gasteiger partial charge in [0.05, 0.1) is 12.1 Å². The smallest absolute Gasteiger partial charge is 0.390 e. The highest BCUT2D eigenvalue weighted by Gasteiger charge is 2.26. The molecule has 0 aliphatic heterocycles. The second-order valence-electron chi connectivity index (χ2n) is 3.45. The molecule has 0 fully saturated rings. The molecule has 0 aromatic carbocycles. The van der Waals surface area contributed by atoms with E-state index in [4.69, 9.17) is 5.11 Å². The number of aromatic nitrogens is 1. The van der Waals surface area contributed by atoms with E-state index in [2.05, 4.69) is 10.3 Å². The summed E-state index contributed by atoms with van der Waals surface area (Å²) >= 11 is 0. The van der Waals surface area contributed by atoms with Crippen LogP contribution in [0, 0.1) is 0 Å². The van der Waals surface area contributed by atoms with Gasteiger partial charge in [-0.2, -0.15) is 13.2 Å². The van der Waals surface area contributed by atoms with Gasteiger partial charge >= 0.3 is 18.2 Å². The first-order chi connectivity index (χ1) is 8.79. The number of amides is 2. The van der Waals surface area contributed by atoms with E-state index in [-0.39, 0.29) is 5.69 Å². The first kappa shape index (κ1) is 14.7. The van der Waals surface area contributed by atoms with Crippen LogP contribution in [-0.2, 0) is 0 Å². The summed E-state index contributed by atoms with van der Waals surface area (Å²) in [6.45, 7) is -0.599. The van der Waals surface area contributed by atoms with Gasteiger partial charge in [0.2, 0.25) is 0 Å². The van der Waals surface area contributed by atoms with E-state index in [1.165, 1.54) is 18.3 Å². The topological polar surface area (TPSA) is 91.3 Å². The van der Waals surface area contributed by atoms with Crippen molar-refractivity contribution >= 4 is 17.7 Å². The van der Waals surface area contributed by atoms with Crippen LogP contribution in [0.3, 0.4) is 0 Å². The molecule has 0 bridgehead atoms. The third-order valence-electron chi connectivity index (χ3n) is 1.95. The zero-order chi connectivity index (χ0) is 14.5. The molecule has 1 aromatic heterocycles. The Balaban J connectivity index is 2.56. The largest absolute Gasteiger partial charge is 0.476 e. The maximum Gasteiger partial charge on any atom is 0.390 e. The molecule has 0 atom stereocenters. The van der Waals surface area contributed by atoms with Gasteiger partial charge in [-0.1, -0.05) is 0 Å². The standard InChI is InChI=1S/C10H10F3N3O3/c11-10(12,13)3-5-15-9(19)16-6-2-1-4-14-7(6)8(17)18/h1-2,4H,3,5H2,(H,17,18)(H2,15,16,19). The summed E-state index contributed by atoms with van der Waals surface area (Å²) in [5.41, 5.74) is -0.493. The first-order valence-corrected chi connectivity index (χ1v) is 5.09. The predicted octanol–water partition coefficient (Wildman–Crippen LogP) is 1.85. The molecule has 6 nitrogen and oxygen atoms in total. The number of hydrogen-bond acceptors (Lipinski definition) is 3. The molecule has 0 saturated heterocycles. The number of nitrogens with zero attached hydrogens (tertiary/aromatic N) is 1. The molecule has 1 heterocycles. The summed E-state index contributed by atoms with van der Waals surface area (Å²) in [7, 11) is 0. The minimum absolute atomic E-state index is 0.0977. The molecule has 2 amide bonds. The van der Waals surface area contributed by atoms with Crippen LogP contribution in [0.25, 0.3) is 0 Å². The van der Waals surface area contributed by atoms with Crippen molar-refractivity contribution in [3.8, 4) is 0 Å². The normalized spacial score (nSPS) is 10.9. The van der Waals surface area contributed by atoms with Gasteiger partial charge < -0.3 is 15.7 Å². The average Bonchev–Trinajstić information content (AvgIpc) is 2.27. The van der Waals surface area contributed by atoms with E-state index in [0.29, 0.717) is 0 Å². The molecular formula is C10H10F3N3O3. The molecule has 9 heteroatoms. The van der Waals surface area contributed by atoms with Crippen LogP contribution in [0.5, 0.6) is 0 Å². The van der Waals surface area contributed by atoms with Crippen LogP contribution < -0.4 is 10.6 Å². The fourth-order valence-electron chi connectivity index (χ4n) is 1.16. The first-order valence-electron chi connectivity index (χ1n) is 5.09. The van der Waals surface area contributed by atoms with Gasteiger partial charge in [-0.15, -0.1) is 0 Å². The molecule has 19 heavy (non-hydrogen) atoms. The van der Waals surface area contributed by atoms with Gasteiger partial charge in [-0.25, -0.2) is 14.6 Å². The summed E-state index contributed by atoms with van der Waals surface area (Å²) in [6, 6.07) is 1.73. The molecule has 3 N–H and O–H groups in total. The fraction of sp³-hybridized carbons (Fsp3) is 0.300. The molecule has 0 aliphatic carbocycles. The summed E-state index contributed by atoms with van der Waals surface area (Å²) < 4.78 is 35.5. The predicted molar refractivity (Wildman–Crippen MR) is 58.9 cm³/mol. The van der Waals surface area contributed by atoms with Gasteiger partial charge in [-0.05, 0) is 12.1 Å². The Labute approximate surface area is 105 Å². The second-order valence-corrected chi connectivity index (χ2v) is 3.45. The van der Waals surface area contributed by atoms with E-state index < -0.39 is 36.8 Å².